The van der Waals surface area contributed by atoms with Crippen molar-refractivity contribution >= 4 is 14.6 Å². The second-order valence-electron chi connectivity index (χ2n) is 6.00. The fourth-order valence-corrected chi connectivity index (χ4v) is 2.28. The van der Waals surface area contributed by atoms with E-state index in [9.17, 15) is 4.79 Å². The van der Waals surface area contributed by atoms with E-state index in [1.165, 1.54) is 0 Å². The molecule has 0 unspecified atom stereocenters. The molecule has 0 spiro atoms. The Kier molecular flexibility index (Phi) is 3.82. The minimum absolute atomic E-state index is 0.166. The third-order valence-electron chi connectivity index (χ3n) is 3.56. The van der Waals surface area contributed by atoms with Crippen LogP contribution in [0.3, 0.4) is 0 Å². The first kappa shape index (κ1) is 14.0. The summed E-state index contributed by atoms with van der Waals surface area (Å²) in [5, 5.41) is 0.166. The fraction of sp³-hybridized carbons (Fsp3) is 0.500. The van der Waals surface area contributed by atoms with Crippen molar-refractivity contribution in [3.63, 3.8) is 0 Å². The molecule has 0 amide bonds. The summed E-state index contributed by atoms with van der Waals surface area (Å²) in [4.78, 5) is 10.9. The largest absolute Gasteiger partial charge is 0.543 e. The van der Waals surface area contributed by atoms with E-state index in [1.54, 1.807) is 0 Å². The molecule has 1 aromatic carbocycles. The SMILES string of the molecule is Cc1ccc(O[Si](C)(C)C(C)(C)C)cc1C=O. The Balaban J connectivity index is 3.00. The third-order valence-corrected chi connectivity index (χ3v) is 7.92. The number of aldehydes is 1. The molecule has 94 valence electrons. The smallest absolute Gasteiger partial charge is 0.250 e. The van der Waals surface area contributed by atoms with Crippen molar-refractivity contribution in [2.24, 2.45) is 0 Å². The van der Waals surface area contributed by atoms with E-state index in [0.717, 1.165) is 17.6 Å². The second-order valence-corrected chi connectivity index (χ2v) is 10.7. The third kappa shape index (κ3) is 3.19. The highest BCUT2D eigenvalue weighted by molar-refractivity contribution is 6.74. The molecule has 0 aromatic heterocycles. The Morgan fingerprint density at radius 1 is 1.24 bits per heavy atom. The quantitative estimate of drug-likeness (QED) is 0.594. The molecule has 2 nitrogen and oxygen atoms in total. The van der Waals surface area contributed by atoms with Gasteiger partial charge in [-0.05, 0) is 42.8 Å². The van der Waals surface area contributed by atoms with Gasteiger partial charge in [0.05, 0.1) is 0 Å². The van der Waals surface area contributed by atoms with E-state index in [4.69, 9.17) is 4.43 Å². The fourth-order valence-electron chi connectivity index (χ4n) is 1.26. The normalized spacial score (nSPS) is 12.4. The van der Waals surface area contributed by atoms with Crippen molar-refractivity contribution in [1.29, 1.82) is 0 Å². The molecular formula is C14H22O2Si. The van der Waals surface area contributed by atoms with Crippen LogP contribution >= 0.6 is 0 Å². The molecule has 0 atom stereocenters. The number of carbonyl (C=O) groups excluding carboxylic acids is 1. The minimum Gasteiger partial charge on any atom is -0.543 e. The molecule has 3 heteroatoms. The maximum absolute atomic E-state index is 10.9. The van der Waals surface area contributed by atoms with Gasteiger partial charge in [0.25, 0.3) is 0 Å². The van der Waals surface area contributed by atoms with E-state index < -0.39 is 8.32 Å². The van der Waals surface area contributed by atoms with Crippen LogP contribution in [0.5, 0.6) is 5.75 Å². The van der Waals surface area contributed by atoms with Gasteiger partial charge in [0.2, 0.25) is 8.32 Å². The summed E-state index contributed by atoms with van der Waals surface area (Å²) in [5.74, 6) is 0.810. The van der Waals surface area contributed by atoms with Crippen molar-refractivity contribution in [2.75, 3.05) is 0 Å². The summed E-state index contributed by atoms with van der Waals surface area (Å²) in [6.07, 6.45) is 0.883. The maximum Gasteiger partial charge on any atom is 0.250 e. The lowest BCUT2D eigenvalue weighted by molar-refractivity contribution is 0.112. The van der Waals surface area contributed by atoms with Gasteiger partial charge in [-0.1, -0.05) is 26.8 Å². The average Bonchev–Trinajstić information content (AvgIpc) is 2.19. The lowest BCUT2D eigenvalue weighted by atomic mass is 10.1. The Morgan fingerprint density at radius 3 is 2.29 bits per heavy atom. The molecule has 1 rings (SSSR count). The van der Waals surface area contributed by atoms with Crippen LogP contribution in [0.1, 0.15) is 36.7 Å². The van der Waals surface area contributed by atoms with Gasteiger partial charge in [0.1, 0.15) is 12.0 Å². The minimum atomic E-state index is -1.81. The van der Waals surface area contributed by atoms with Crippen molar-refractivity contribution in [3.8, 4) is 5.75 Å². The van der Waals surface area contributed by atoms with Gasteiger partial charge >= 0.3 is 0 Å². The number of aryl methyl sites for hydroxylation is 1. The number of carbonyl (C=O) groups is 1. The molecule has 0 saturated carbocycles. The summed E-state index contributed by atoms with van der Waals surface area (Å²) in [6, 6.07) is 5.72. The first-order chi connectivity index (χ1) is 7.67. The van der Waals surface area contributed by atoms with Crippen LogP contribution in [-0.4, -0.2) is 14.6 Å². The van der Waals surface area contributed by atoms with Gasteiger partial charge in [0, 0.05) is 5.56 Å². The zero-order chi connectivity index (χ0) is 13.3. The van der Waals surface area contributed by atoms with Crippen LogP contribution in [0.15, 0.2) is 18.2 Å². The molecule has 0 fully saturated rings. The summed E-state index contributed by atoms with van der Waals surface area (Å²) in [6.45, 7) is 12.9. The molecule has 0 heterocycles. The van der Waals surface area contributed by atoms with E-state index in [1.807, 2.05) is 25.1 Å². The van der Waals surface area contributed by atoms with Crippen LogP contribution in [0.25, 0.3) is 0 Å². The molecule has 0 N–H and O–H groups in total. The molecule has 0 aliphatic heterocycles. The highest BCUT2D eigenvalue weighted by atomic mass is 28.4. The molecule has 0 saturated heterocycles. The average molecular weight is 250 g/mol. The van der Waals surface area contributed by atoms with Gasteiger partial charge in [-0.2, -0.15) is 0 Å². The Morgan fingerprint density at radius 2 is 1.82 bits per heavy atom. The van der Waals surface area contributed by atoms with E-state index in [0.29, 0.717) is 5.56 Å². The topological polar surface area (TPSA) is 26.3 Å². The molecular weight excluding hydrogens is 228 g/mol. The molecule has 0 bridgehead atoms. The van der Waals surface area contributed by atoms with Crippen LogP contribution in [-0.2, 0) is 0 Å². The van der Waals surface area contributed by atoms with Crippen LogP contribution in [0, 0.1) is 6.92 Å². The maximum atomic E-state index is 10.9. The van der Waals surface area contributed by atoms with Gasteiger partial charge in [-0.3, -0.25) is 4.79 Å². The van der Waals surface area contributed by atoms with E-state index >= 15 is 0 Å². The predicted octanol–water partition coefficient (Wildman–Crippen LogP) is 4.19. The molecule has 17 heavy (non-hydrogen) atoms. The van der Waals surface area contributed by atoms with Gasteiger partial charge < -0.3 is 4.43 Å². The molecule has 1 aromatic rings. The Bertz CT molecular complexity index is 417. The molecule has 0 aliphatic rings. The number of benzene rings is 1. The summed E-state index contributed by atoms with van der Waals surface area (Å²) in [5.41, 5.74) is 1.70. The Hall–Kier alpha value is -1.09. The van der Waals surface area contributed by atoms with E-state index in [-0.39, 0.29) is 5.04 Å². The summed E-state index contributed by atoms with van der Waals surface area (Å²) in [7, 11) is -1.81. The Labute approximate surface area is 105 Å². The van der Waals surface area contributed by atoms with E-state index in [2.05, 4.69) is 33.9 Å². The van der Waals surface area contributed by atoms with Crippen molar-refractivity contribution in [2.45, 2.75) is 45.8 Å². The highest BCUT2D eigenvalue weighted by Crippen LogP contribution is 2.37. The van der Waals surface area contributed by atoms with Gasteiger partial charge in [0.15, 0.2) is 0 Å². The van der Waals surface area contributed by atoms with Crippen molar-refractivity contribution in [3.05, 3.63) is 29.3 Å². The standard InChI is InChI=1S/C14H22O2Si/c1-11-7-8-13(9-12(11)10-15)16-17(5,6)14(2,3)4/h7-10H,1-6H3. The van der Waals surface area contributed by atoms with Gasteiger partial charge in [-0.25, -0.2) is 0 Å². The second kappa shape index (κ2) is 4.65. The van der Waals surface area contributed by atoms with Crippen LogP contribution < -0.4 is 4.43 Å². The van der Waals surface area contributed by atoms with Crippen LogP contribution in [0.2, 0.25) is 18.1 Å². The van der Waals surface area contributed by atoms with Crippen LogP contribution in [0.4, 0.5) is 0 Å². The van der Waals surface area contributed by atoms with Crippen molar-refractivity contribution < 1.29 is 9.22 Å². The summed E-state index contributed by atoms with van der Waals surface area (Å²) >= 11 is 0. The first-order valence-electron chi connectivity index (χ1n) is 5.92. The zero-order valence-corrected chi connectivity index (χ0v) is 12.6. The molecule has 0 radical (unpaired) electrons. The summed E-state index contributed by atoms with van der Waals surface area (Å²) < 4.78 is 6.14. The first-order valence-corrected chi connectivity index (χ1v) is 8.83. The van der Waals surface area contributed by atoms with Gasteiger partial charge in [-0.15, -0.1) is 0 Å². The number of rotatable bonds is 3. The zero-order valence-electron chi connectivity index (χ0n) is 11.6. The predicted molar refractivity (Wildman–Crippen MR) is 74.4 cm³/mol. The number of hydrogen-bond acceptors (Lipinski definition) is 2. The highest BCUT2D eigenvalue weighted by Gasteiger charge is 2.38. The number of hydrogen-bond donors (Lipinski definition) is 0. The lowest BCUT2D eigenvalue weighted by Gasteiger charge is -2.36. The van der Waals surface area contributed by atoms with Crippen molar-refractivity contribution in [1.82, 2.24) is 0 Å². The monoisotopic (exact) mass is 250 g/mol. The lowest BCUT2D eigenvalue weighted by Crippen LogP contribution is -2.43. The molecule has 0 aliphatic carbocycles.